The molecule has 0 spiro atoms. The molecule has 39 heavy (non-hydrogen) atoms. The molecular weight excluding hydrogens is 512 g/mol. The van der Waals surface area contributed by atoms with Crippen LogP contribution in [-0.4, -0.2) is 38.6 Å². The number of esters is 1. The number of hydrogen-bond acceptors (Lipinski definition) is 11. The Morgan fingerprint density at radius 3 is 2.36 bits per heavy atom. The maximum Gasteiger partial charge on any atom is 0.306 e. The van der Waals surface area contributed by atoms with Gasteiger partial charge in [-0.05, 0) is 30.3 Å². The Balaban J connectivity index is 1.88. The number of phenols is 4. The third-order valence-electron chi connectivity index (χ3n) is 6.41. The number of carbonyl (C=O) groups excluding carboxylic acids is 1. The number of fused-ring (bicyclic) bond motifs is 2. The van der Waals surface area contributed by atoms with Gasteiger partial charge in [-0.2, -0.15) is 0 Å². The quantitative estimate of drug-likeness (QED) is 0.164. The van der Waals surface area contributed by atoms with Crippen molar-refractivity contribution >= 4 is 27.9 Å². The zero-order chi connectivity index (χ0) is 28.0. The minimum Gasteiger partial charge on any atom is -0.507 e. The van der Waals surface area contributed by atoms with Crippen molar-refractivity contribution in [3.63, 3.8) is 0 Å². The van der Waals surface area contributed by atoms with Crippen LogP contribution in [0.5, 0.6) is 28.7 Å². The van der Waals surface area contributed by atoms with Crippen LogP contribution >= 0.6 is 0 Å². The van der Waals surface area contributed by atoms with Crippen LogP contribution in [0.2, 0.25) is 0 Å². The monoisotopic (exact) mass is 532 g/mol. The van der Waals surface area contributed by atoms with E-state index in [1.54, 1.807) is 18.2 Å². The van der Waals surface area contributed by atoms with Crippen LogP contribution in [0.4, 0.5) is 0 Å². The summed E-state index contributed by atoms with van der Waals surface area (Å²) in [4.78, 5) is 39.1. The summed E-state index contributed by atoms with van der Waals surface area (Å²) in [6.07, 6.45) is 0.612. The van der Waals surface area contributed by atoms with Gasteiger partial charge in [0.1, 0.15) is 28.1 Å². The summed E-state index contributed by atoms with van der Waals surface area (Å²) in [6, 6.07) is 10.6. The Morgan fingerprint density at radius 2 is 1.64 bits per heavy atom. The van der Waals surface area contributed by atoms with Crippen LogP contribution in [0, 0.1) is 0 Å². The van der Waals surface area contributed by atoms with E-state index in [2.05, 4.69) is 0 Å². The standard InChI is InChI=1S/C28H20O11/c1-37-21(33)9-14(15-11-38-20-5-3-2-4-13(20)24(15)34)22-18(31)10-19(32)23-25(35)26(36)27(39-28(22)23)12-6-7-16(29)17(30)8-12/h2-8,10-11,14,29-32,36H,9H2,1H3/t14-/m0/s1. The molecule has 0 unspecified atom stereocenters. The maximum atomic E-state index is 13.5. The lowest BCUT2D eigenvalue weighted by atomic mass is 9.86. The molecule has 1 atom stereocenters. The Hall–Kier alpha value is -5.45. The molecule has 0 saturated heterocycles. The zero-order valence-electron chi connectivity index (χ0n) is 20.2. The lowest BCUT2D eigenvalue weighted by molar-refractivity contribution is -0.140. The van der Waals surface area contributed by atoms with Gasteiger partial charge in [0.15, 0.2) is 22.7 Å². The molecule has 0 bridgehead atoms. The molecule has 0 aliphatic heterocycles. The highest BCUT2D eigenvalue weighted by Gasteiger charge is 2.32. The zero-order valence-corrected chi connectivity index (χ0v) is 20.2. The van der Waals surface area contributed by atoms with Crippen molar-refractivity contribution in [1.29, 1.82) is 0 Å². The van der Waals surface area contributed by atoms with E-state index in [-0.39, 0.29) is 27.7 Å². The highest BCUT2D eigenvalue weighted by molar-refractivity contribution is 5.92. The van der Waals surface area contributed by atoms with Gasteiger partial charge in [0.05, 0.1) is 25.2 Å². The first-order chi connectivity index (χ1) is 18.6. The molecule has 3 aromatic carbocycles. The molecule has 5 N–H and O–H groups in total. The molecule has 198 valence electrons. The first kappa shape index (κ1) is 25.2. The van der Waals surface area contributed by atoms with Gasteiger partial charge in [0.25, 0.3) is 0 Å². The Morgan fingerprint density at radius 1 is 0.897 bits per heavy atom. The lowest BCUT2D eigenvalue weighted by Gasteiger charge is -2.20. The smallest absolute Gasteiger partial charge is 0.306 e. The van der Waals surface area contributed by atoms with Crippen LogP contribution in [-0.2, 0) is 9.53 Å². The largest absolute Gasteiger partial charge is 0.507 e. The average molecular weight is 532 g/mol. The summed E-state index contributed by atoms with van der Waals surface area (Å²) in [7, 11) is 1.13. The Labute approximate surface area is 218 Å². The summed E-state index contributed by atoms with van der Waals surface area (Å²) in [5, 5.41) is 51.4. The molecule has 11 heteroatoms. The number of ether oxygens (including phenoxy) is 1. The molecular formula is C28H20O11. The number of aromatic hydroxyl groups is 5. The predicted molar refractivity (Wildman–Crippen MR) is 137 cm³/mol. The van der Waals surface area contributed by atoms with Crippen molar-refractivity contribution in [1.82, 2.24) is 0 Å². The molecule has 0 aliphatic carbocycles. The number of methoxy groups -OCH3 is 1. The van der Waals surface area contributed by atoms with E-state index in [1.807, 2.05) is 0 Å². The van der Waals surface area contributed by atoms with Crippen molar-refractivity contribution in [2.75, 3.05) is 7.11 Å². The molecule has 0 amide bonds. The van der Waals surface area contributed by atoms with Crippen LogP contribution in [0.15, 0.2) is 73.2 Å². The molecule has 2 aromatic heterocycles. The van der Waals surface area contributed by atoms with Gasteiger partial charge in [-0.25, -0.2) is 0 Å². The predicted octanol–water partition coefficient (Wildman–Crippen LogP) is 3.79. The fraction of sp³-hybridized carbons (Fsp3) is 0.107. The normalized spacial score (nSPS) is 12.0. The van der Waals surface area contributed by atoms with Crippen molar-refractivity contribution in [3.8, 4) is 40.1 Å². The molecule has 0 aliphatic rings. The van der Waals surface area contributed by atoms with Gasteiger partial charge in [0.2, 0.25) is 11.2 Å². The number of para-hydroxylation sites is 1. The second-order valence-corrected chi connectivity index (χ2v) is 8.69. The Kier molecular flexibility index (Phi) is 6.11. The van der Waals surface area contributed by atoms with Crippen LogP contribution in [0.1, 0.15) is 23.5 Å². The van der Waals surface area contributed by atoms with Gasteiger partial charge in [0, 0.05) is 28.7 Å². The van der Waals surface area contributed by atoms with E-state index in [1.165, 1.54) is 12.1 Å². The number of hydrogen-bond donors (Lipinski definition) is 5. The van der Waals surface area contributed by atoms with Gasteiger partial charge in [-0.15, -0.1) is 0 Å². The maximum absolute atomic E-state index is 13.5. The Bertz CT molecular complexity index is 1900. The van der Waals surface area contributed by atoms with Crippen LogP contribution in [0.3, 0.4) is 0 Å². The van der Waals surface area contributed by atoms with Gasteiger partial charge >= 0.3 is 5.97 Å². The summed E-state index contributed by atoms with van der Waals surface area (Å²) in [5.41, 5.74) is -2.16. The molecule has 0 radical (unpaired) electrons. The van der Waals surface area contributed by atoms with E-state index in [0.717, 1.165) is 31.6 Å². The molecule has 0 saturated carbocycles. The number of phenolic OH excluding ortho intramolecular Hbond substituents is 4. The molecule has 11 nitrogen and oxygen atoms in total. The SMILES string of the molecule is COC(=O)C[C@@H](c1coc2ccccc2c1=O)c1c(O)cc(O)c2c(=O)c(O)c(-c3ccc(O)c(O)c3)oc12. The minimum atomic E-state index is -1.30. The number of carbonyl (C=O) groups is 1. The van der Waals surface area contributed by atoms with E-state index < -0.39 is 74.6 Å². The van der Waals surface area contributed by atoms with Gasteiger partial charge in [-0.3, -0.25) is 14.4 Å². The fourth-order valence-corrected chi connectivity index (χ4v) is 4.49. The second-order valence-electron chi connectivity index (χ2n) is 8.69. The summed E-state index contributed by atoms with van der Waals surface area (Å²) < 4.78 is 16.3. The van der Waals surface area contributed by atoms with E-state index >= 15 is 0 Å². The number of rotatable bonds is 5. The highest BCUT2D eigenvalue weighted by atomic mass is 16.5. The van der Waals surface area contributed by atoms with E-state index in [0.29, 0.717) is 0 Å². The summed E-state index contributed by atoms with van der Waals surface area (Å²) in [5.74, 6) is -5.91. The first-order valence-corrected chi connectivity index (χ1v) is 11.5. The lowest BCUT2D eigenvalue weighted by Crippen LogP contribution is -2.19. The average Bonchev–Trinajstić information content (AvgIpc) is 2.91. The third kappa shape index (κ3) is 4.15. The van der Waals surface area contributed by atoms with Crippen molar-refractivity contribution in [2.24, 2.45) is 0 Å². The van der Waals surface area contributed by atoms with E-state index in [4.69, 9.17) is 13.6 Å². The minimum absolute atomic E-state index is 0.0367. The number of benzene rings is 3. The summed E-state index contributed by atoms with van der Waals surface area (Å²) in [6.45, 7) is 0. The highest BCUT2D eigenvalue weighted by Crippen LogP contribution is 2.44. The van der Waals surface area contributed by atoms with Crippen molar-refractivity contribution < 1.29 is 43.9 Å². The van der Waals surface area contributed by atoms with Crippen molar-refractivity contribution in [2.45, 2.75) is 12.3 Å². The molecule has 5 aromatic rings. The fourth-order valence-electron chi connectivity index (χ4n) is 4.49. The van der Waals surface area contributed by atoms with Crippen molar-refractivity contribution in [3.05, 3.63) is 86.4 Å². The van der Waals surface area contributed by atoms with E-state index in [9.17, 15) is 39.9 Å². The van der Waals surface area contributed by atoms with Gasteiger partial charge < -0.3 is 39.1 Å². The summed E-state index contributed by atoms with van der Waals surface area (Å²) >= 11 is 0. The topological polar surface area (TPSA) is 188 Å². The van der Waals surface area contributed by atoms with Gasteiger partial charge in [-0.1, -0.05) is 12.1 Å². The first-order valence-electron chi connectivity index (χ1n) is 11.5. The molecule has 0 fully saturated rings. The van der Waals surface area contributed by atoms with Crippen LogP contribution in [0.25, 0.3) is 33.3 Å². The third-order valence-corrected chi connectivity index (χ3v) is 6.41. The second kappa shape index (κ2) is 9.45. The van der Waals surface area contributed by atoms with Crippen LogP contribution < -0.4 is 10.9 Å². The molecule has 5 rings (SSSR count). The molecule has 2 heterocycles.